The minimum absolute atomic E-state index is 0.0248. The van der Waals surface area contributed by atoms with E-state index in [0.29, 0.717) is 36.8 Å². The predicted octanol–water partition coefficient (Wildman–Crippen LogP) is 3.59. The summed E-state index contributed by atoms with van der Waals surface area (Å²) in [4.78, 5) is 32.2. The van der Waals surface area contributed by atoms with Crippen LogP contribution in [0.15, 0.2) is 47.1 Å². The quantitative estimate of drug-likeness (QED) is 0.711. The number of hydrogen-bond donors (Lipinski definition) is 1. The highest BCUT2D eigenvalue weighted by Crippen LogP contribution is 2.29. The summed E-state index contributed by atoms with van der Waals surface area (Å²) in [5, 5.41) is 3.27. The van der Waals surface area contributed by atoms with Crippen molar-refractivity contribution in [1.29, 1.82) is 0 Å². The first kappa shape index (κ1) is 18.2. The van der Waals surface area contributed by atoms with E-state index in [-0.39, 0.29) is 17.6 Å². The Morgan fingerprint density at radius 3 is 2.82 bits per heavy atom. The minimum Gasteiger partial charge on any atom is -0.494 e. The molecule has 7 nitrogen and oxygen atoms in total. The zero-order chi connectivity index (χ0) is 19.5. The number of aromatic nitrogens is 1. The second kappa shape index (κ2) is 7.85. The van der Waals surface area contributed by atoms with Gasteiger partial charge in [-0.3, -0.25) is 14.9 Å². The normalized spacial score (nSPS) is 13.1. The SMILES string of the molecule is CCOc1ccc(C(=O)N2CCc3nc(NC(=O)c4ccco4)sc3C2)cc1. The molecule has 3 heterocycles. The maximum absolute atomic E-state index is 12.8. The fourth-order valence-electron chi connectivity index (χ4n) is 3.03. The van der Waals surface area contributed by atoms with Gasteiger partial charge in [-0.05, 0) is 43.3 Å². The highest BCUT2D eigenvalue weighted by Gasteiger charge is 2.25. The van der Waals surface area contributed by atoms with Crippen LogP contribution in [0.3, 0.4) is 0 Å². The van der Waals surface area contributed by atoms with E-state index < -0.39 is 0 Å². The van der Waals surface area contributed by atoms with E-state index in [1.165, 1.54) is 17.6 Å². The Bertz CT molecular complexity index is 980. The van der Waals surface area contributed by atoms with Gasteiger partial charge in [-0.2, -0.15) is 0 Å². The monoisotopic (exact) mass is 397 g/mol. The molecule has 4 rings (SSSR count). The zero-order valence-corrected chi connectivity index (χ0v) is 16.1. The summed E-state index contributed by atoms with van der Waals surface area (Å²) in [6.07, 6.45) is 2.11. The highest BCUT2D eigenvalue weighted by molar-refractivity contribution is 7.15. The number of furan rings is 1. The average Bonchev–Trinajstić information content (AvgIpc) is 3.37. The molecule has 0 bridgehead atoms. The number of rotatable bonds is 5. The summed E-state index contributed by atoms with van der Waals surface area (Å²) in [5.41, 5.74) is 1.55. The third kappa shape index (κ3) is 3.77. The summed E-state index contributed by atoms with van der Waals surface area (Å²) < 4.78 is 10.5. The topological polar surface area (TPSA) is 84.7 Å². The molecule has 0 fully saturated rings. The minimum atomic E-state index is -0.335. The molecule has 0 unspecified atom stereocenters. The number of nitrogens with zero attached hydrogens (tertiary/aromatic N) is 2. The van der Waals surface area contributed by atoms with E-state index in [9.17, 15) is 9.59 Å². The van der Waals surface area contributed by atoms with Crippen LogP contribution in [0, 0.1) is 0 Å². The highest BCUT2D eigenvalue weighted by atomic mass is 32.1. The third-order valence-electron chi connectivity index (χ3n) is 4.40. The van der Waals surface area contributed by atoms with Gasteiger partial charge in [0.25, 0.3) is 11.8 Å². The Hall–Kier alpha value is -3.13. The molecule has 28 heavy (non-hydrogen) atoms. The lowest BCUT2D eigenvalue weighted by molar-refractivity contribution is 0.0736. The first-order valence-electron chi connectivity index (χ1n) is 8.99. The summed E-state index contributed by atoms with van der Waals surface area (Å²) >= 11 is 1.39. The summed E-state index contributed by atoms with van der Waals surface area (Å²) in [7, 11) is 0. The molecule has 0 saturated carbocycles. The van der Waals surface area contributed by atoms with Gasteiger partial charge in [-0.1, -0.05) is 11.3 Å². The van der Waals surface area contributed by atoms with E-state index in [1.54, 1.807) is 41.3 Å². The lowest BCUT2D eigenvalue weighted by Crippen LogP contribution is -2.35. The summed E-state index contributed by atoms with van der Waals surface area (Å²) in [5.74, 6) is 0.626. The Morgan fingerprint density at radius 1 is 1.29 bits per heavy atom. The van der Waals surface area contributed by atoms with Crippen LogP contribution < -0.4 is 10.1 Å². The molecule has 1 N–H and O–H groups in total. The van der Waals surface area contributed by atoms with Crippen molar-refractivity contribution < 1.29 is 18.7 Å². The van der Waals surface area contributed by atoms with E-state index in [2.05, 4.69) is 10.3 Å². The van der Waals surface area contributed by atoms with E-state index >= 15 is 0 Å². The van der Waals surface area contributed by atoms with Gasteiger partial charge in [-0.15, -0.1) is 0 Å². The molecule has 0 saturated heterocycles. The number of benzene rings is 1. The molecule has 0 spiro atoms. The number of carbonyl (C=O) groups is 2. The van der Waals surface area contributed by atoms with Crippen LogP contribution in [-0.4, -0.2) is 34.8 Å². The second-order valence-corrected chi connectivity index (χ2v) is 7.34. The lowest BCUT2D eigenvalue weighted by atomic mass is 10.1. The Morgan fingerprint density at radius 2 is 2.11 bits per heavy atom. The third-order valence-corrected chi connectivity index (χ3v) is 5.39. The summed E-state index contributed by atoms with van der Waals surface area (Å²) in [6.45, 7) is 3.58. The van der Waals surface area contributed by atoms with Gasteiger partial charge in [0.1, 0.15) is 5.75 Å². The van der Waals surface area contributed by atoms with Gasteiger partial charge in [-0.25, -0.2) is 4.98 Å². The number of anilines is 1. The van der Waals surface area contributed by atoms with Gasteiger partial charge < -0.3 is 14.1 Å². The van der Waals surface area contributed by atoms with Crippen molar-refractivity contribution in [2.75, 3.05) is 18.5 Å². The van der Waals surface area contributed by atoms with Crippen molar-refractivity contribution in [2.45, 2.75) is 19.9 Å². The molecule has 0 aliphatic carbocycles. The molecule has 1 aliphatic heterocycles. The van der Waals surface area contributed by atoms with Gasteiger partial charge in [0, 0.05) is 23.4 Å². The first-order chi connectivity index (χ1) is 13.6. The number of hydrogen-bond acceptors (Lipinski definition) is 6. The van der Waals surface area contributed by atoms with Crippen LogP contribution in [0.4, 0.5) is 5.13 Å². The van der Waals surface area contributed by atoms with Crippen LogP contribution in [0.2, 0.25) is 0 Å². The van der Waals surface area contributed by atoms with Crippen molar-refractivity contribution in [3.05, 3.63) is 64.6 Å². The van der Waals surface area contributed by atoms with Gasteiger partial charge >= 0.3 is 0 Å². The van der Waals surface area contributed by atoms with Crippen LogP contribution in [-0.2, 0) is 13.0 Å². The zero-order valence-electron chi connectivity index (χ0n) is 15.3. The molecular formula is C20H19N3O4S. The van der Waals surface area contributed by atoms with Crippen LogP contribution in [0.25, 0.3) is 0 Å². The number of fused-ring (bicyclic) bond motifs is 1. The number of amides is 2. The van der Waals surface area contributed by atoms with Crippen LogP contribution in [0.1, 0.15) is 38.4 Å². The van der Waals surface area contributed by atoms with Gasteiger partial charge in [0.05, 0.1) is 25.1 Å². The van der Waals surface area contributed by atoms with Gasteiger partial charge in [0.2, 0.25) is 0 Å². The number of carbonyl (C=O) groups excluding carboxylic acids is 2. The number of nitrogens with one attached hydrogen (secondary N) is 1. The number of ether oxygens (including phenoxy) is 1. The molecular weight excluding hydrogens is 378 g/mol. The second-order valence-electron chi connectivity index (χ2n) is 6.25. The molecule has 2 aromatic heterocycles. The summed E-state index contributed by atoms with van der Waals surface area (Å²) in [6, 6.07) is 10.4. The van der Waals surface area contributed by atoms with Crippen LogP contribution >= 0.6 is 11.3 Å². The van der Waals surface area contributed by atoms with E-state index in [1.807, 2.05) is 6.92 Å². The molecule has 0 atom stereocenters. The standard InChI is InChI=1S/C20H19N3O4S/c1-2-26-14-7-5-13(6-8-14)19(25)23-10-9-15-17(12-23)28-20(21-15)22-18(24)16-4-3-11-27-16/h3-8,11H,2,9-10,12H2,1H3,(H,21,22,24). The molecule has 3 aromatic rings. The Kier molecular flexibility index (Phi) is 5.12. The fraction of sp³-hybridized carbons (Fsp3) is 0.250. The molecule has 144 valence electrons. The van der Waals surface area contributed by atoms with Crippen molar-refractivity contribution >= 4 is 28.3 Å². The molecule has 2 amide bonds. The average molecular weight is 397 g/mol. The molecule has 8 heteroatoms. The Balaban J connectivity index is 1.43. The first-order valence-corrected chi connectivity index (χ1v) is 9.81. The molecule has 0 radical (unpaired) electrons. The number of thiazole rings is 1. The molecule has 1 aliphatic rings. The van der Waals surface area contributed by atoms with Crippen molar-refractivity contribution in [3.63, 3.8) is 0 Å². The molecule has 1 aromatic carbocycles. The smallest absolute Gasteiger partial charge is 0.293 e. The van der Waals surface area contributed by atoms with E-state index in [4.69, 9.17) is 9.15 Å². The van der Waals surface area contributed by atoms with Crippen LogP contribution in [0.5, 0.6) is 5.75 Å². The maximum Gasteiger partial charge on any atom is 0.293 e. The van der Waals surface area contributed by atoms with E-state index in [0.717, 1.165) is 16.3 Å². The lowest BCUT2D eigenvalue weighted by Gasteiger charge is -2.26. The van der Waals surface area contributed by atoms with Crippen molar-refractivity contribution in [3.8, 4) is 5.75 Å². The van der Waals surface area contributed by atoms with Crippen molar-refractivity contribution in [2.24, 2.45) is 0 Å². The van der Waals surface area contributed by atoms with Gasteiger partial charge in [0.15, 0.2) is 10.9 Å². The largest absolute Gasteiger partial charge is 0.494 e. The Labute approximate surface area is 165 Å². The fourth-order valence-corrected chi connectivity index (χ4v) is 4.05. The predicted molar refractivity (Wildman–Crippen MR) is 105 cm³/mol. The van der Waals surface area contributed by atoms with Crippen molar-refractivity contribution in [1.82, 2.24) is 9.88 Å². The maximum atomic E-state index is 12.8.